The minimum atomic E-state index is -0.573. The lowest BCUT2D eigenvalue weighted by Gasteiger charge is -2.33. The molecule has 2 heterocycles. The number of hydrogen-bond acceptors (Lipinski definition) is 7. The summed E-state index contributed by atoms with van der Waals surface area (Å²) in [7, 11) is 3.79. The minimum Gasteiger partial charge on any atom is -0.489 e. The SMILES string of the molecule is CN(C)c1ccc(C(=O)Nc2ccc(Cl)cc2C(=O)Nc2ccc(Cl)cn2)c(OC2CCN(C(=O)OC(C)(C)C)CC2)c1. The lowest BCUT2D eigenvalue weighted by Crippen LogP contribution is -2.44. The Bertz CT molecular complexity index is 1480. The maximum atomic E-state index is 13.6. The molecule has 1 aromatic heterocycles. The van der Waals surface area contributed by atoms with Gasteiger partial charge in [0, 0.05) is 63.0 Å². The van der Waals surface area contributed by atoms with Gasteiger partial charge in [-0.25, -0.2) is 9.78 Å². The number of piperidine rings is 1. The van der Waals surface area contributed by atoms with Crippen molar-refractivity contribution in [1.29, 1.82) is 0 Å². The number of nitrogens with zero attached hydrogens (tertiary/aromatic N) is 3. The number of carbonyl (C=O) groups excluding carboxylic acids is 3. The van der Waals surface area contributed by atoms with E-state index in [4.69, 9.17) is 32.7 Å². The van der Waals surface area contributed by atoms with Crippen LogP contribution in [0.5, 0.6) is 5.75 Å². The van der Waals surface area contributed by atoms with E-state index in [0.717, 1.165) is 5.69 Å². The van der Waals surface area contributed by atoms with Gasteiger partial charge in [0.15, 0.2) is 0 Å². The van der Waals surface area contributed by atoms with E-state index in [2.05, 4.69) is 15.6 Å². The number of rotatable bonds is 7. The lowest BCUT2D eigenvalue weighted by atomic mass is 10.1. The molecule has 0 spiro atoms. The molecule has 2 aromatic carbocycles. The highest BCUT2D eigenvalue weighted by Crippen LogP contribution is 2.30. The number of ether oxygens (including phenoxy) is 2. The molecule has 0 radical (unpaired) electrons. The first kappa shape index (κ1) is 31.9. The molecule has 43 heavy (non-hydrogen) atoms. The van der Waals surface area contributed by atoms with Crippen LogP contribution in [0.4, 0.5) is 22.0 Å². The fourth-order valence-electron chi connectivity index (χ4n) is 4.37. The summed E-state index contributed by atoms with van der Waals surface area (Å²) in [5, 5.41) is 6.28. The number of halogens is 2. The molecule has 1 aliphatic rings. The average Bonchev–Trinajstić information content (AvgIpc) is 2.94. The summed E-state index contributed by atoms with van der Waals surface area (Å²) in [6.45, 7) is 6.45. The second kappa shape index (κ2) is 13.5. The summed E-state index contributed by atoms with van der Waals surface area (Å²) in [5.41, 5.74) is 0.978. The first-order valence-corrected chi connectivity index (χ1v) is 14.5. The van der Waals surface area contributed by atoms with E-state index in [0.29, 0.717) is 53.1 Å². The van der Waals surface area contributed by atoms with Crippen LogP contribution in [0.3, 0.4) is 0 Å². The van der Waals surface area contributed by atoms with Gasteiger partial charge in [0.25, 0.3) is 11.8 Å². The van der Waals surface area contributed by atoms with E-state index in [1.165, 1.54) is 12.3 Å². The number of aromatic nitrogens is 1. The van der Waals surface area contributed by atoms with Gasteiger partial charge in [0.2, 0.25) is 0 Å². The molecule has 1 fully saturated rings. The molecule has 1 aliphatic heterocycles. The summed E-state index contributed by atoms with van der Waals surface area (Å²) < 4.78 is 11.9. The van der Waals surface area contributed by atoms with Gasteiger partial charge in [-0.15, -0.1) is 0 Å². The Balaban J connectivity index is 1.52. The molecular formula is C31H35Cl2N5O5. The van der Waals surface area contributed by atoms with Crippen LogP contribution in [-0.4, -0.2) is 66.7 Å². The predicted octanol–water partition coefficient (Wildman–Crippen LogP) is 6.74. The average molecular weight is 629 g/mol. The van der Waals surface area contributed by atoms with Crippen LogP contribution in [-0.2, 0) is 4.74 Å². The maximum Gasteiger partial charge on any atom is 0.410 e. The highest BCUT2D eigenvalue weighted by molar-refractivity contribution is 6.31. The highest BCUT2D eigenvalue weighted by atomic mass is 35.5. The summed E-state index contributed by atoms with van der Waals surface area (Å²) in [4.78, 5) is 46.9. The molecule has 0 atom stereocenters. The summed E-state index contributed by atoms with van der Waals surface area (Å²) in [5.74, 6) is -0.291. The Morgan fingerprint density at radius 1 is 0.907 bits per heavy atom. The van der Waals surface area contributed by atoms with Crippen molar-refractivity contribution in [3.8, 4) is 5.75 Å². The second-order valence-electron chi connectivity index (χ2n) is 11.3. The second-order valence-corrected chi connectivity index (χ2v) is 12.2. The van der Waals surface area contributed by atoms with Crippen molar-refractivity contribution >= 4 is 58.3 Å². The highest BCUT2D eigenvalue weighted by Gasteiger charge is 2.29. The monoisotopic (exact) mass is 627 g/mol. The Morgan fingerprint density at radius 2 is 1.58 bits per heavy atom. The van der Waals surface area contributed by atoms with Gasteiger partial charge in [-0.05, 0) is 63.2 Å². The number of amides is 3. The molecule has 12 heteroatoms. The smallest absolute Gasteiger partial charge is 0.410 e. The van der Waals surface area contributed by atoms with Crippen LogP contribution in [0.15, 0.2) is 54.7 Å². The maximum absolute atomic E-state index is 13.6. The van der Waals surface area contributed by atoms with Gasteiger partial charge < -0.3 is 29.9 Å². The van der Waals surface area contributed by atoms with Crippen molar-refractivity contribution in [2.75, 3.05) is 42.7 Å². The quantitative estimate of drug-likeness (QED) is 0.298. The van der Waals surface area contributed by atoms with Crippen molar-refractivity contribution in [1.82, 2.24) is 9.88 Å². The van der Waals surface area contributed by atoms with Crippen LogP contribution in [0.1, 0.15) is 54.3 Å². The molecule has 0 aliphatic carbocycles. The third-order valence-electron chi connectivity index (χ3n) is 6.56. The van der Waals surface area contributed by atoms with E-state index in [1.54, 1.807) is 41.3 Å². The first-order chi connectivity index (χ1) is 20.3. The lowest BCUT2D eigenvalue weighted by molar-refractivity contribution is 0.0126. The van der Waals surface area contributed by atoms with Crippen molar-refractivity contribution in [2.45, 2.75) is 45.3 Å². The van der Waals surface area contributed by atoms with Crippen molar-refractivity contribution in [3.05, 3.63) is 75.9 Å². The van der Waals surface area contributed by atoms with Gasteiger partial charge in [0.1, 0.15) is 23.3 Å². The van der Waals surface area contributed by atoms with E-state index in [9.17, 15) is 14.4 Å². The van der Waals surface area contributed by atoms with Gasteiger partial charge >= 0.3 is 6.09 Å². The molecule has 10 nitrogen and oxygen atoms in total. The Kier molecular flexibility index (Phi) is 10.0. The van der Waals surface area contributed by atoms with Crippen LogP contribution < -0.4 is 20.3 Å². The largest absolute Gasteiger partial charge is 0.489 e. The normalized spacial score (nSPS) is 13.7. The third-order valence-corrected chi connectivity index (χ3v) is 7.02. The van der Waals surface area contributed by atoms with Crippen LogP contribution in [0, 0.1) is 0 Å². The molecule has 4 rings (SSSR count). The summed E-state index contributed by atoms with van der Waals surface area (Å²) in [6.07, 6.45) is 2.00. The standard InChI is InChI=1S/C31H35Cl2N5O5/c1-31(2,3)43-30(41)38-14-12-22(13-15-38)42-26-17-21(37(4)5)8-9-23(26)28(39)35-25-10-6-19(32)16-24(25)29(40)36-27-11-7-20(33)18-34-27/h6-11,16-18,22H,12-15H2,1-5H3,(H,35,39)(H,34,36,40). The van der Waals surface area contributed by atoms with E-state index < -0.39 is 17.4 Å². The van der Waals surface area contributed by atoms with Crippen molar-refractivity contribution in [2.24, 2.45) is 0 Å². The zero-order chi connectivity index (χ0) is 31.3. The van der Waals surface area contributed by atoms with Crippen molar-refractivity contribution in [3.63, 3.8) is 0 Å². The number of benzene rings is 2. The number of hydrogen-bond donors (Lipinski definition) is 2. The van der Waals surface area contributed by atoms with E-state index >= 15 is 0 Å². The first-order valence-electron chi connectivity index (χ1n) is 13.8. The summed E-state index contributed by atoms with van der Waals surface area (Å²) in [6, 6.07) is 13.1. The molecule has 0 saturated carbocycles. The van der Waals surface area contributed by atoms with Gasteiger partial charge in [-0.2, -0.15) is 0 Å². The molecule has 0 bridgehead atoms. The van der Waals surface area contributed by atoms with Gasteiger partial charge in [0.05, 0.1) is 21.8 Å². The predicted molar refractivity (Wildman–Crippen MR) is 169 cm³/mol. The molecule has 0 unspecified atom stereocenters. The Morgan fingerprint density at radius 3 is 2.21 bits per heavy atom. The molecular weight excluding hydrogens is 593 g/mol. The van der Waals surface area contributed by atoms with Gasteiger partial charge in [-0.1, -0.05) is 23.2 Å². The molecule has 228 valence electrons. The molecule has 3 amide bonds. The zero-order valence-electron chi connectivity index (χ0n) is 24.7. The fraction of sp³-hybridized carbons (Fsp3) is 0.355. The molecule has 1 saturated heterocycles. The van der Waals surface area contributed by atoms with Gasteiger partial charge in [-0.3, -0.25) is 9.59 Å². The number of nitrogens with one attached hydrogen (secondary N) is 2. The number of pyridine rings is 1. The Labute approximate surface area is 261 Å². The topological polar surface area (TPSA) is 113 Å². The third kappa shape index (κ3) is 8.75. The minimum absolute atomic E-state index is 0.152. The Hall–Kier alpha value is -4.02. The molecule has 2 N–H and O–H groups in total. The molecule has 3 aromatic rings. The van der Waals surface area contributed by atoms with Crippen molar-refractivity contribution < 1.29 is 23.9 Å². The summed E-state index contributed by atoms with van der Waals surface area (Å²) >= 11 is 12.1. The number of anilines is 3. The fourth-order valence-corrected chi connectivity index (χ4v) is 4.66. The number of likely N-dealkylation sites (tertiary alicyclic amines) is 1. The van der Waals surface area contributed by atoms with E-state index in [1.807, 2.05) is 45.8 Å². The van der Waals surface area contributed by atoms with E-state index in [-0.39, 0.29) is 23.4 Å². The van der Waals surface area contributed by atoms with Crippen LogP contribution in [0.2, 0.25) is 10.0 Å². The number of carbonyl (C=O) groups is 3. The van der Waals surface area contributed by atoms with Crippen LogP contribution >= 0.6 is 23.2 Å². The van der Waals surface area contributed by atoms with Crippen LogP contribution in [0.25, 0.3) is 0 Å². The zero-order valence-corrected chi connectivity index (χ0v) is 26.3.